The summed E-state index contributed by atoms with van der Waals surface area (Å²) in [6.07, 6.45) is 5.30. The Morgan fingerprint density at radius 2 is 1.80 bits per heavy atom. The first-order valence-electron chi connectivity index (χ1n) is 9.00. The van der Waals surface area contributed by atoms with Crippen LogP contribution in [0.2, 0.25) is 0 Å². The van der Waals surface area contributed by atoms with Gasteiger partial charge in [-0.2, -0.15) is 0 Å². The van der Waals surface area contributed by atoms with Crippen molar-refractivity contribution < 1.29 is 4.92 Å². The number of thiophene rings is 1. The van der Waals surface area contributed by atoms with E-state index in [9.17, 15) is 10.1 Å². The van der Waals surface area contributed by atoms with Gasteiger partial charge < -0.3 is 10.2 Å². The third kappa shape index (κ3) is 4.08. The predicted molar refractivity (Wildman–Crippen MR) is 101 cm³/mol. The molecule has 132 valence electrons. The van der Waals surface area contributed by atoms with Gasteiger partial charge in [0.25, 0.3) is 5.69 Å². The lowest BCUT2D eigenvalue weighted by atomic mass is 10.0. The van der Waals surface area contributed by atoms with Crippen LogP contribution in [0.25, 0.3) is 10.4 Å². The number of nitro groups is 1. The molecule has 2 aromatic rings. The highest BCUT2D eigenvalue weighted by molar-refractivity contribution is 7.15. The molecule has 1 aromatic carbocycles. The van der Waals surface area contributed by atoms with E-state index in [1.54, 1.807) is 23.5 Å². The number of nitrogens with one attached hydrogen (secondary N) is 1. The largest absolute Gasteiger partial charge is 0.309 e. The van der Waals surface area contributed by atoms with Gasteiger partial charge in [-0.3, -0.25) is 10.1 Å². The minimum atomic E-state index is -0.359. The fourth-order valence-corrected chi connectivity index (χ4v) is 4.49. The Morgan fingerprint density at radius 1 is 1.08 bits per heavy atom. The van der Waals surface area contributed by atoms with E-state index in [-0.39, 0.29) is 10.6 Å². The molecule has 6 heteroatoms. The second-order valence-electron chi connectivity index (χ2n) is 6.99. The molecule has 4 rings (SSSR count). The molecule has 5 nitrogen and oxygen atoms in total. The number of likely N-dealkylation sites (tertiary alicyclic amines) is 1. The summed E-state index contributed by atoms with van der Waals surface area (Å²) in [5, 5.41) is 14.4. The van der Waals surface area contributed by atoms with Gasteiger partial charge in [0.2, 0.25) is 0 Å². The molecule has 0 unspecified atom stereocenters. The maximum atomic E-state index is 10.7. The molecule has 0 atom stereocenters. The van der Waals surface area contributed by atoms with Gasteiger partial charge in [-0.15, -0.1) is 11.3 Å². The number of hydrogen-bond acceptors (Lipinski definition) is 5. The maximum Gasteiger partial charge on any atom is 0.269 e. The van der Waals surface area contributed by atoms with Crippen molar-refractivity contribution in [2.75, 3.05) is 13.1 Å². The van der Waals surface area contributed by atoms with Gasteiger partial charge in [0.1, 0.15) is 0 Å². The van der Waals surface area contributed by atoms with Crippen molar-refractivity contribution in [2.45, 2.75) is 44.3 Å². The lowest BCUT2D eigenvalue weighted by Crippen LogP contribution is -2.42. The van der Waals surface area contributed by atoms with Gasteiger partial charge in [-0.25, -0.2) is 0 Å². The monoisotopic (exact) mass is 357 g/mol. The highest BCUT2D eigenvalue weighted by atomic mass is 32.1. The van der Waals surface area contributed by atoms with Gasteiger partial charge in [-0.1, -0.05) is 0 Å². The van der Waals surface area contributed by atoms with E-state index in [1.165, 1.54) is 43.6 Å². The molecule has 2 heterocycles. The summed E-state index contributed by atoms with van der Waals surface area (Å²) in [6, 6.07) is 12.6. The summed E-state index contributed by atoms with van der Waals surface area (Å²) >= 11 is 1.76. The van der Waals surface area contributed by atoms with E-state index in [0.717, 1.165) is 23.0 Å². The zero-order chi connectivity index (χ0) is 17.2. The lowest BCUT2D eigenvalue weighted by Gasteiger charge is -2.32. The molecule has 2 aliphatic rings. The fraction of sp³-hybridized carbons (Fsp3) is 0.474. The van der Waals surface area contributed by atoms with Crippen LogP contribution in [-0.2, 0) is 6.54 Å². The highest BCUT2D eigenvalue weighted by Crippen LogP contribution is 2.31. The van der Waals surface area contributed by atoms with E-state index in [1.807, 2.05) is 12.1 Å². The van der Waals surface area contributed by atoms with E-state index in [4.69, 9.17) is 0 Å². The normalized spacial score (nSPS) is 19.2. The smallest absolute Gasteiger partial charge is 0.269 e. The SMILES string of the molecule is O=[N+]([O-])c1ccc(-c2ccc(CNC3CCN(C4CC4)CC3)s2)cc1. The molecule has 1 N–H and O–H groups in total. The molecular weight excluding hydrogens is 334 g/mol. The fourth-order valence-electron chi connectivity index (χ4n) is 3.53. The van der Waals surface area contributed by atoms with Gasteiger partial charge in [0.05, 0.1) is 4.92 Å². The Kier molecular flexibility index (Phi) is 4.83. The molecule has 0 radical (unpaired) electrons. The first-order valence-corrected chi connectivity index (χ1v) is 9.81. The van der Waals surface area contributed by atoms with Crippen LogP contribution in [0, 0.1) is 10.1 Å². The second kappa shape index (κ2) is 7.23. The van der Waals surface area contributed by atoms with Crippen molar-refractivity contribution in [1.29, 1.82) is 0 Å². The van der Waals surface area contributed by atoms with E-state index in [2.05, 4.69) is 22.3 Å². The zero-order valence-corrected chi connectivity index (χ0v) is 15.0. The molecule has 2 fully saturated rings. The van der Waals surface area contributed by atoms with Crippen LogP contribution in [0.5, 0.6) is 0 Å². The van der Waals surface area contributed by atoms with Crippen LogP contribution in [-0.4, -0.2) is 35.0 Å². The second-order valence-corrected chi connectivity index (χ2v) is 8.16. The van der Waals surface area contributed by atoms with Crippen LogP contribution >= 0.6 is 11.3 Å². The lowest BCUT2D eigenvalue weighted by molar-refractivity contribution is -0.384. The highest BCUT2D eigenvalue weighted by Gasteiger charge is 2.31. The molecule has 0 spiro atoms. The summed E-state index contributed by atoms with van der Waals surface area (Å²) in [5.74, 6) is 0. The summed E-state index contributed by atoms with van der Waals surface area (Å²) < 4.78 is 0. The quantitative estimate of drug-likeness (QED) is 0.626. The molecule has 1 aliphatic carbocycles. The van der Waals surface area contributed by atoms with Crippen molar-refractivity contribution in [3.8, 4) is 10.4 Å². The Hall–Kier alpha value is -1.76. The number of nitrogens with zero attached hydrogens (tertiary/aromatic N) is 2. The maximum absolute atomic E-state index is 10.7. The number of piperidine rings is 1. The van der Waals surface area contributed by atoms with Crippen LogP contribution in [0.15, 0.2) is 36.4 Å². The Balaban J connectivity index is 1.30. The third-order valence-corrected chi connectivity index (χ3v) is 6.32. The van der Waals surface area contributed by atoms with E-state index < -0.39 is 0 Å². The van der Waals surface area contributed by atoms with Crippen molar-refractivity contribution in [3.05, 3.63) is 51.4 Å². The van der Waals surface area contributed by atoms with Gasteiger partial charge >= 0.3 is 0 Å². The van der Waals surface area contributed by atoms with Crippen LogP contribution in [0.3, 0.4) is 0 Å². The van der Waals surface area contributed by atoms with E-state index >= 15 is 0 Å². The average molecular weight is 357 g/mol. The molecule has 1 saturated heterocycles. The third-order valence-electron chi connectivity index (χ3n) is 5.18. The number of hydrogen-bond donors (Lipinski definition) is 1. The first-order chi connectivity index (χ1) is 12.2. The van der Waals surface area contributed by atoms with Crippen LogP contribution in [0.1, 0.15) is 30.6 Å². The standard InChI is InChI=1S/C19H23N3O2S/c23-22(24)17-3-1-14(2-4-17)19-8-7-18(25-19)13-20-15-9-11-21(12-10-15)16-5-6-16/h1-4,7-8,15-16,20H,5-6,9-13H2. The Morgan fingerprint density at radius 3 is 2.44 bits per heavy atom. The number of non-ortho nitro benzene ring substituents is 1. The Bertz CT molecular complexity index is 731. The first kappa shape index (κ1) is 16.7. The molecular formula is C19H23N3O2S. The van der Waals surface area contributed by atoms with Gasteiger partial charge in [0, 0.05) is 40.5 Å². The molecule has 0 bridgehead atoms. The Labute approximate surface area is 151 Å². The zero-order valence-electron chi connectivity index (χ0n) is 14.2. The van der Waals surface area contributed by atoms with Gasteiger partial charge in [-0.05, 0) is 68.6 Å². The molecule has 0 amide bonds. The summed E-state index contributed by atoms with van der Waals surface area (Å²) in [6.45, 7) is 3.38. The minimum absolute atomic E-state index is 0.139. The molecule has 1 aliphatic heterocycles. The molecule has 1 saturated carbocycles. The topological polar surface area (TPSA) is 58.4 Å². The van der Waals surface area contributed by atoms with E-state index in [0.29, 0.717) is 6.04 Å². The van der Waals surface area contributed by atoms with Crippen LogP contribution < -0.4 is 5.32 Å². The average Bonchev–Trinajstić information content (AvgIpc) is 3.38. The number of benzene rings is 1. The number of rotatable bonds is 6. The van der Waals surface area contributed by atoms with Gasteiger partial charge in [0.15, 0.2) is 0 Å². The minimum Gasteiger partial charge on any atom is -0.309 e. The summed E-state index contributed by atoms with van der Waals surface area (Å²) in [5.41, 5.74) is 1.18. The van der Waals surface area contributed by atoms with Crippen LogP contribution in [0.4, 0.5) is 5.69 Å². The predicted octanol–water partition coefficient (Wildman–Crippen LogP) is 4.04. The van der Waals surface area contributed by atoms with Crippen molar-refractivity contribution >= 4 is 17.0 Å². The molecule has 25 heavy (non-hydrogen) atoms. The van der Waals surface area contributed by atoms with Crippen molar-refractivity contribution in [2.24, 2.45) is 0 Å². The van der Waals surface area contributed by atoms with Crippen molar-refractivity contribution in [3.63, 3.8) is 0 Å². The summed E-state index contributed by atoms with van der Waals surface area (Å²) in [7, 11) is 0. The molecule has 1 aromatic heterocycles. The number of nitro benzene ring substituents is 1. The summed E-state index contributed by atoms with van der Waals surface area (Å²) in [4.78, 5) is 15.5. The van der Waals surface area contributed by atoms with Crippen molar-refractivity contribution in [1.82, 2.24) is 10.2 Å².